The topological polar surface area (TPSA) is 86.8 Å². The number of anilines is 1. The fourth-order valence-corrected chi connectivity index (χ4v) is 5.89. The number of nitrogens with zero attached hydrogens (tertiary/aromatic N) is 2. The number of carbonyl (C=O) groups is 2. The van der Waals surface area contributed by atoms with E-state index in [9.17, 15) is 18.0 Å². The van der Waals surface area contributed by atoms with Crippen LogP contribution in [0.15, 0.2) is 66.7 Å². The van der Waals surface area contributed by atoms with E-state index in [1.807, 2.05) is 51.1 Å². The van der Waals surface area contributed by atoms with Gasteiger partial charge >= 0.3 is 0 Å². The van der Waals surface area contributed by atoms with Crippen LogP contribution >= 0.6 is 34.8 Å². The number of halogens is 3. The smallest absolute Gasteiger partial charge is 0.244 e. The number of rotatable bonds is 10. The van der Waals surface area contributed by atoms with Gasteiger partial charge in [-0.15, -0.1) is 0 Å². The molecule has 11 heteroatoms. The molecule has 0 spiro atoms. The van der Waals surface area contributed by atoms with E-state index in [2.05, 4.69) is 5.32 Å². The molecule has 0 fully saturated rings. The van der Waals surface area contributed by atoms with Crippen LogP contribution in [0, 0.1) is 6.92 Å². The summed E-state index contributed by atoms with van der Waals surface area (Å²) in [5.41, 5.74) is 1.54. The minimum absolute atomic E-state index is 0.126. The Morgan fingerprint density at radius 3 is 2.10 bits per heavy atom. The maximum Gasteiger partial charge on any atom is 0.244 e. The standard InChI is InChI=1S/C30H34Cl3N3O4S/c1-20-14-15-22(31)17-26(20)36(41(5,39)40)19-28(37)35(18-23-24(32)12-9-13-25(23)33)27(29(38)34-30(2,3)4)16-21-10-7-6-8-11-21/h6-15,17,27H,16,18-19H2,1-5H3,(H,34,38). The average Bonchev–Trinajstić information content (AvgIpc) is 2.86. The quantitative estimate of drug-likeness (QED) is 0.283. The van der Waals surface area contributed by atoms with Gasteiger partial charge < -0.3 is 10.2 Å². The summed E-state index contributed by atoms with van der Waals surface area (Å²) >= 11 is 19.2. The lowest BCUT2D eigenvalue weighted by Gasteiger charge is -2.35. The summed E-state index contributed by atoms with van der Waals surface area (Å²) in [6.45, 7) is 6.55. The molecule has 0 radical (unpaired) electrons. The highest BCUT2D eigenvalue weighted by Crippen LogP contribution is 2.29. The molecule has 3 aromatic carbocycles. The molecule has 0 aliphatic heterocycles. The predicted molar refractivity (Wildman–Crippen MR) is 167 cm³/mol. The fourth-order valence-electron chi connectivity index (χ4n) is 4.31. The second-order valence-electron chi connectivity index (χ2n) is 10.9. The van der Waals surface area contributed by atoms with E-state index in [1.54, 1.807) is 37.3 Å². The highest BCUT2D eigenvalue weighted by atomic mass is 35.5. The molecule has 220 valence electrons. The lowest BCUT2D eigenvalue weighted by Crippen LogP contribution is -2.56. The first-order valence-electron chi connectivity index (χ1n) is 12.9. The van der Waals surface area contributed by atoms with Crippen molar-refractivity contribution in [3.63, 3.8) is 0 Å². The number of hydrogen-bond acceptors (Lipinski definition) is 4. The Labute approximate surface area is 257 Å². The third-order valence-electron chi connectivity index (χ3n) is 6.28. The molecule has 0 saturated heterocycles. The van der Waals surface area contributed by atoms with Gasteiger partial charge in [-0.1, -0.05) is 77.3 Å². The Balaban J connectivity index is 2.15. The van der Waals surface area contributed by atoms with Crippen molar-refractivity contribution in [3.8, 4) is 0 Å². The van der Waals surface area contributed by atoms with Crippen LogP contribution in [0.4, 0.5) is 5.69 Å². The molecule has 0 aliphatic rings. The van der Waals surface area contributed by atoms with Gasteiger partial charge in [-0.05, 0) is 63.1 Å². The van der Waals surface area contributed by atoms with Gasteiger partial charge in [0.25, 0.3) is 0 Å². The van der Waals surface area contributed by atoms with Crippen LogP contribution in [0.5, 0.6) is 0 Å². The monoisotopic (exact) mass is 637 g/mol. The van der Waals surface area contributed by atoms with Crippen molar-refractivity contribution < 1.29 is 18.0 Å². The lowest BCUT2D eigenvalue weighted by atomic mass is 10.0. The highest BCUT2D eigenvalue weighted by Gasteiger charge is 2.35. The zero-order chi connectivity index (χ0) is 30.5. The number of amides is 2. The van der Waals surface area contributed by atoms with Gasteiger partial charge in [0.15, 0.2) is 0 Å². The van der Waals surface area contributed by atoms with E-state index in [1.165, 1.54) is 11.0 Å². The van der Waals surface area contributed by atoms with Crippen LogP contribution < -0.4 is 9.62 Å². The maximum atomic E-state index is 14.2. The number of aryl methyl sites for hydroxylation is 1. The maximum absolute atomic E-state index is 14.2. The van der Waals surface area contributed by atoms with Crippen LogP contribution in [-0.2, 0) is 32.6 Å². The van der Waals surface area contributed by atoms with Crippen molar-refractivity contribution in [2.75, 3.05) is 17.1 Å². The van der Waals surface area contributed by atoms with Gasteiger partial charge in [-0.25, -0.2) is 8.42 Å². The molecule has 1 N–H and O–H groups in total. The SMILES string of the molecule is Cc1ccc(Cl)cc1N(CC(=O)N(Cc1c(Cl)cccc1Cl)C(Cc1ccccc1)C(=O)NC(C)(C)C)S(C)(=O)=O. The van der Waals surface area contributed by atoms with Crippen molar-refractivity contribution in [2.24, 2.45) is 0 Å². The summed E-state index contributed by atoms with van der Waals surface area (Å²) in [6, 6.07) is 18.0. The van der Waals surface area contributed by atoms with E-state index in [4.69, 9.17) is 34.8 Å². The van der Waals surface area contributed by atoms with Gasteiger partial charge in [-0.3, -0.25) is 13.9 Å². The average molecular weight is 639 g/mol. The van der Waals surface area contributed by atoms with Crippen LogP contribution in [0.3, 0.4) is 0 Å². The van der Waals surface area contributed by atoms with Crippen LogP contribution in [0.25, 0.3) is 0 Å². The Morgan fingerprint density at radius 2 is 1.54 bits per heavy atom. The van der Waals surface area contributed by atoms with Crippen molar-refractivity contribution >= 4 is 62.3 Å². The first-order chi connectivity index (χ1) is 19.1. The minimum atomic E-state index is -3.93. The van der Waals surface area contributed by atoms with Crippen molar-refractivity contribution in [1.29, 1.82) is 0 Å². The Kier molecular flexibility index (Phi) is 10.7. The fraction of sp³-hybridized carbons (Fsp3) is 0.333. The second-order valence-corrected chi connectivity index (χ2v) is 14.0. The van der Waals surface area contributed by atoms with Gasteiger partial charge in [0, 0.05) is 39.1 Å². The first kappa shape index (κ1) is 32.7. The largest absolute Gasteiger partial charge is 0.350 e. The molecule has 0 heterocycles. The molecule has 1 atom stereocenters. The summed E-state index contributed by atoms with van der Waals surface area (Å²) < 4.78 is 27.0. The third-order valence-corrected chi connectivity index (χ3v) is 8.35. The minimum Gasteiger partial charge on any atom is -0.350 e. The van der Waals surface area contributed by atoms with Crippen molar-refractivity contribution in [2.45, 2.75) is 52.2 Å². The number of carbonyl (C=O) groups excluding carboxylic acids is 2. The molecule has 1 unspecified atom stereocenters. The summed E-state index contributed by atoms with van der Waals surface area (Å²) in [6.07, 6.45) is 1.19. The summed E-state index contributed by atoms with van der Waals surface area (Å²) in [4.78, 5) is 29.4. The van der Waals surface area contributed by atoms with Gasteiger partial charge in [-0.2, -0.15) is 0 Å². The molecule has 0 aliphatic carbocycles. The van der Waals surface area contributed by atoms with Gasteiger partial charge in [0.2, 0.25) is 21.8 Å². The molecular formula is C30H34Cl3N3O4S. The lowest BCUT2D eigenvalue weighted by molar-refractivity contribution is -0.140. The van der Waals surface area contributed by atoms with Gasteiger partial charge in [0.1, 0.15) is 12.6 Å². The van der Waals surface area contributed by atoms with Crippen LogP contribution in [-0.4, -0.2) is 49.5 Å². The summed E-state index contributed by atoms with van der Waals surface area (Å²) in [5.74, 6) is -1.02. The molecule has 0 aromatic heterocycles. The number of sulfonamides is 1. The second kappa shape index (κ2) is 13.5. The molecule has 0 saturated carbocycles. The van der Waals surface area contributed by atoms with Gasteiger partial charge in [0.05, 0.1) is 11.9 Å². The van der Waals surface area contributed by atoms with E-state index in [-0.39, 0.29) is 18.7 Å². The third kappa shape index (κ3) is 9.10. The van der Waals surface area contributed by atoms with Crippen LogP contribution in [0.2, 0.25) is 15.1 Å². The molecule has 3 rings (SSSR count). The normalized spacial score (nSPS) is 12.5. The number of hydrogen-bond donors (Lipinski definition) is 1. The van der Waals surface area contributed by atoms with Crippen molar-refractivity contribution in [3.05, 3.63) is 98.5 Å². The van der Waals surface area contributed by atoms with Crippen molar-refractivity contribution in [1.82, 2.24) is 10.2 Å². The molecular weight excluding hydrogens is 605 g/mol. The number of nitrogens with one attached hydrogen (secondary N) is 1. The first-order valence-corrected chi connectivity index (χ1v) is 15.9. The Hall–Kier alpha value is -2.78. The summed E-state index contributed by atoms with van der Waals surface area (Å²) in [5, 5.41) is 3.92. The van der Waals surface area contributed by atoms with E-state index < -0.39 is 40.0 Å². The van der Waals surface area contributed by atoms with E-state index in [0.29, 0.717) is 26.2 Å². The molecule has 41 heavy (non-hydrogen) atoms. The number of benzene rings is 3. The molecule has 0 bridgehead atoms. The Morgan fingerprint density at radius 1 is 0.927 bits per heavy atom. The molecule has 3 aromatic rings. The van der Waals surface area contributed by atoms with E-state index >= 15 is 0 Å². The van der Waals surface area contributed by atoms with Crippen LogP contribution in [0.1, 0.15) is 37.5 Å². The predicted octanol–water partition coefficient (Wildman–Crippen LogP) is 6.28. The zero-order valence-corrected chi connectivity index (χ0v) is 26.7. The Bertz CT molecular complexity index is 1490. The molecule has 2 amide bonds. The highest BCUT2D eigenvalue weighted by molar-refractivity contribution is 7.92. The molecule has 7 nitrogen and oxygen atoms in total. The summed E-state index contributed by atoms with van der Waals surface area (Å²) in [7, 11) is -3.93. The van der Waals surface area contributed by atoms with E-state index in [0.717, 1.165) is 16.1 Å². The zero-order valence-electron chi connectivity index (χ0n) is 23.6.